The summed E-state index contributed by atoms with van der Waals surface area (Å²) in [4.78, 5) is 12.0. The van der Waals surface area contributed by atoms with Crippen molar-refractivity contribution in [1.29, 1.82) is 0 Å². The molecule has 4 aliphatic carbocycles. The number of allylic oxidation sites excluding steroid dienone is 4. The van der Waals surface area contributed by atoms with Gasteiger partial charge in [-0.15, -0.1) is 0 Å². The molecule has 0 unspecified atom stereocenters. The van der Waals surface area contributed by atoms with Crippen LogP contribution in [0.5, 0.6) is 0 Å². The van der Waals surface area contributed by atoms with Crippen molar-refractivity contribution in [2.24, 2.45) is 40.4 Å². The number of hydrogen-bond donors (Lipinski definition) is 2. The molecule has 0 aromatic heterocycles. The number of aliphatic hydroxyl groups excluding tert-OH is 1. The van der Waals surface area contributed by atoms with Crippen LogP contribution in [0.4, 0.5) is 0 Å². The zero-order valence-corrected chi connectivity index (χ0v) is 19.7. The van der Waals surface area contributed by atoms with Crippen LogP contribution in [0.25, 0.3) is 0 Å². The molecule has 168 valence electrons. The molecule has 0 spiro atoms. The SMILES string of the molecule is CC(C)CC[C@@H](O)[C@](C)(O)[C@H]1CC[C@H]2[C@@H]3CCC4=CC(=O)C=C[C@]4(C)[C@H]3CC[C@]12C. The Labute approximate surface area is 183 Å². The number of fused-ring (bicyclic) bond motifs is 5. The molecule has 0 saturated heterocycles. The van der Waals surface area contributed by atoms with E-state index in [4.69, 9.17) is 0 Å². The maximum absolute atomic E-state index is 12.0. The highest BCUT2D eigenvalue weighted by molar-refractivity contribution is 6.01. The highest BCUT2D eigenvalue weighted by Gasteiger charge is 2.62. The summed E-state index contributed by atoms with van der Waals surface area (Å²) in [7, 11) is 0. The first-order chi connectivity index (χ1) is 14.0. The van der Waals surface area contributed by atoms with Crippen LogP contribution in [0.3, 0.4) is 0 Å². The van der Waals surface area contributed by atoms with Crippen molar-refractivity contribution < 1.29 is 15.0 Å². The second kappa shape index (κ2) is 7.59. The highest BCUT2D eigenvalue weighted by Crippen LogP contribution is 2.67. The Morgan fingerprint density at radius 2 is 1.87 bits per heavy atom. The molecule has 0 heterocycles. The molecule has 3 heteroatoms. The third-order valence-corrected chi connectivity index (χ3v) is 9.95. The zero-order valence-electron chi connectivity index (χ0n) is 19.7. The molecule has 4 aliphatic rings. The van der Waals surface area contributed by atoms with E-state index in [-0.39, 0.29) is 22.5 Å². The minimum atomic E-state index is -1.02. The van der Waals surface area contributed by atoms with Gasteiger partial charge in [0.25, 0.3) is 0 Å². The number of aliphatic hydroxyl groups is 2. The van der Waals surface area contributed by atoms with Gasteiger partial charge in [-0.2, -0.15) is 0 Å². The summed E-state index contributed by atoms with van der Waals surface area (Å²) in [5.74, 6) is 2.69. The van der Waals surface area contributed by atoms with Gasteiger partial charge in [0.15, 0.2) is 5.78 Å². The Bertz CT molecular complexity index is 747. The second-order valence-corrected chi connectivity index (χ2v) is 12.0. The van der Waals surface area contributed by atoms with E-state index in [1.165, 1.54) is 5.57 Å². The van der Waals surface area contributed by atoms with Crippen molar-refractivity contribution in [1.82, 2.24) is 0 Å². The largest absolute Gasteiger partial charge is 0.390 e. The van der Waals surface area contributed by atoms with Crippen molar-refractivity contribution >= 4 is 5.78 Å². The molecule has 3 saturated carbocycles. The van der Waals surface area contributed by atoms with Crippen LogP contribution >= 0.6 is 0 Å². The van der Waals surface area contributed by atoms with Crippen molar-refractivity contribution in [3.05, 3.63) is 23.8 Å². The third-order valence-electron chi connectivity index (χ3n) is 9.95. The van der Waals surface area contributed by atoms with Gasteiger partial charge in [-0.05, 0) is 105 Å². The second-order valence-electron chi connectivity index (χ2n) is 12.0. The molecule has 0 bridgehead atoms. The summed E-state index contributed by atoms with van der Waals surface area (Å²) in [6.07, 6.45) is 13.5. The van der Waals surface area contributed by atoms with E-state index >= 15 is 0 Å². The quantitative estimate of drug-likeness (QED) is 0.628. The van der Waals surface area contributed by atoms with E-state index in [0.717, 1.165) is 44.9 Å². The Morgan fingerprint density at radius 1 is 1.13 bits per heavy atom. The standard InChI is InChI=1S/C27H42O3/c1-17(2)6-11-24(29)27(5,30)23-10-9-21-20-8-7-18-16-19(28)12-14-25(18,3)22(20)13-15-26(21,23)4/h12,14,16-17,20-24,29-30H,6-11,13,15H2,1-5H3/t20-,21-,22-,23-,24+,25-,26-,27+/m0/s1. The minimum Gasteiger partial charge on any atom is -0.390 e. The van der Waals surface area contributed by atoms with Gasteiger partial charge < -0.3 is 10.2 Å². The molecule has 0 aromatic carbocycles. The molecule has 0 aromatic rings. The highest BCUT2D eigenvalue weighted by atomic mass is 16.3. The summed E-state index contributed by atoms with van der Waals surface area (Å²) in [6.45, 7) is 11.0. The van der Waals surface area contributed by atoms with Crippen LogP contribution in [0.15, 0.2) is 23.8 Å². The third kappa shape index (κ3) is 3.35. The first-order valence-electron chi connectivity index (χ1n) is 12.3. The maximum Gasteiger partial charge on any atom is 0.178 e. The van der Waals surface area contributed by atoms with Crippen molar-refractivity contribution in [3.8, 4) is 0 Å². The lowest BCUT2D eigenvalue weighted by Gasteiger charge is -2.58. The summed E-state index contributed by atoms with van der Waals surface area (Å²) >= 11 is 0. The Balaban J connectivity index is 1.56. The van der Waals surface area contributed by atoms with E-state index in [9.17, 15) is 15.0 Å². The van der Waals surface area contributed by atoms with Gasteiger partial charge in [0.05, 0.1) is 11.7 Å². The van der Waals surface area contributed by atoms with Crippen LogP contribution in [0.1, 0.15) is 86.0 Å². The number of hydrogen-bond acceptors (Lipinski definition) is 3. The summed E-state index contributed by atoms with van der Waals surface area (Å²) in [5, 5.41) is 22.5. The molecular formula is C27H42O3. The van der Waals surface area contributed by atoms with Gasteiger partial charge in [-0.3, -0.25) is 4.79 Å². The minimum absolute atomic E-state index is 0.0234. The lowest BCUT2D eigenvalue weighted by atomic mass is 9.47. The Morgan fingerprint density at radius 3 is 2.57 bits per heavy atom. The Hall–Kier alpha value is -0.930. The number of carbonyl (C=O) groups is 1. The molecule has 8 atom stereocenters. The fraction of sp³-hybridized carbons (Fsp3) is 0.815. The van der Waals surface area contributed by atoms with Gasteiger partial charge in [0.1, 0.15) is 0 Å². The van der Waals surface area contributed by atoms with E-state index in [2.05, 4.69) is 33.8 Å². The smallest absolute Gasteiger partial charge is 0.178 e. The van der Waals surface area contributed by atoms with E-state index < -0.39 is 11.7 Å². The van der Waals surface area contributed by atoms with E-state index in [1.54, 1.807) is 6.08 Å². The topological polar surface area (TPSA) is 57.5 Å². The average Bonchev–Trinajstić information content (AvgIpc) is 3.04. The molecule has 0 amide bonds. The molecule has 3 fully saturated rings. The van der Waals surface area contributed by atoms with Crippen LogP contribution in [0.2, 0.25) is 0 Å². The summed E-state index contributed by atoms with van der Waals surface area (Å²) in [5.41, 5.74) is 0.432. The molecule has 30 heavy (non-hydrogen) atoms. The first-order valence-corrected chi connectivity index (χ1v) is 12.3. The fourth-order valence-electron chi connectivity index (χ4n) is 8.17. The van der Waals surface area contributed by atoms with E-state index in [1.807, 2.05) is 13.0 Å². The summed E-state index contributed by atoms with van der Waals surface area (Å²) < 4.78 is 0. The van der Waals surface area contributed by atoms with Crippen LogP contribution in [-0.2, 0) is 4.79 Å². The lowest BCUT2D eigenvalue weighted by molar-refractivity contribution is -0.150. The van der Waals surface area contributed by atoms with Gasteiger partial charge in [0.2, 0.25) is 0 Å². The van der Waals surface area contributed by atoms with Gasteiger partial charge in [-0.25, -0.2) is 0 Å². The predicted molar refractivity (Wildman–Crippen MR) is 121 cm³/mol. The fourth-order valence-corrected chi connectivity index (χ4v) is 8.17. The summed E-state index contributed by atoms with van der Waals surface area (Å²) in [6, 6.07) is 0. The van der Waals surface area contributed by atoms with Gasteiger partial charge in [0, 0.05) is 5.41 Å². The van der Waals surface area contributed by atoms with Crippen molar-refractivity contribution in [2.75, 3.05) is 0 Å². The van der Waals surface area contributed by atoms with Crippen LogP contribution < -0.4 is 0 Å². The Kier molecular flexibility index (Phi) is 5.63. The van der Waals surface area contributed by atoms with Gasteiger partial charge >= 0.3 is 0 Å². The maximum atomic E-state index is 12.0. The number of rotatable bonds is 5. The molecule has 2 N–H and O–H groups in total. The molecule has 4 rings (SSSR count). The molecular weight excluding hydrogens is 372 g/mol. The first kappa shape index (κ1) is 22.3. The molecule has 3 nitrogen and oxygen atoms in total. The molecule has 0 aliphatic heterocycles. The monoisotopic (exact) mass is 414 g/mol. The zero-order chi connectivity index (χ0) is 21.9. The van der Waals surface area contributed by atoms with Crippen molar-refractivity contribution in [2.45, 2.75) is 97.7 Å². The average molecular weight is 415 g/mol. The number of ketones is 1. The van der Waals surface area contributed by atoms with Gasteiger partial charge in [-0.1, -0.05) is 39.3 Å². The van der Waals surface area contributed by atoms with Crippen LogP contribution in [0, 0.1) is 40.4 Å². The predicted octanol–water partition coefficient (Wildman–Crippen LogP) is 5.46. The normalized spacial score (nSPS) is 43.5. The molecule has 0 radical (unpaired) electrons. The van der Waals surface area contributed by atoms with Crippen molar-refractivity contribution in [3.63, 3.8) is 0 Å². The van der Waals surface area contributed by atoms with E-state index in [0.29, 0.717) is 30.1 Å². The lowest BCUT2D eigenvalue weighted by Crippen LogP contribution is -2.55. The number of carbonyl (C=O) groups excluding carboxylic acids is 1. The van der Waals surface area contributed by atoms with Crippen LogP contribution in [-0.4, -0.2) is 27.7 Å².